The van der Waals surface area contributed by atoms with E-state index in [9.17, 15) is 0 Å². The summed E-state index contributed by atoms with van der Waals surface area (Å²) in [6, 6.07) is 4.24. The molecule has 1 aromatic heterocycles. The minimum Gasteiger partial charge on any atom is -0.383 e. The van der Waals surface area contributed by atoms with Crippen LogP contribution >= 0.6 is 15.9 Å². The molecule has 0 fully saturated rings. The molecule has 0 atom stereocenters. The van der Waals surface area contributed by atoms with E-state index in [1.807, 2.05) is 24.7 Å². The first kappa shape index (κ1) is 14.2. The first-order valence-corrected chi connectivity index (χ1v) is 6.62. The fourth-order valence-electron chi connectivity index (χ4n) is 1.67. The third-order valence-electron chi connectivity index (χ3n) is 2.34. The zero-order valence-corrected chi connectivity index (χ0v) is 12.4. The van der Waals surface area contributed by atoms with Crippen molar-refractivity contribution in [1.29, 1.82) is 0 Å². The van der Waals surface area contributed by atoms with Crippen LogP contribution in [0.1, 0.15) is 19.4 Å². The molecule has 0 aliphatic heterocycles. The molecule has 2 aromatic rings. The lowest BCUT2D eigenvalue weighted by molar-refractivity contribution is 0.185. The lowest BCUT2D eigenvalue weighted by Gasteiger charge is -2.04. The van der Waals surface area contributed by atoms with Crippen LogP contribution in [0.2, 0.25) is 0 Å². The zero-order chi connectivity index (χ0) is 12.8. The van der Waals surface area contributed by atoms with Gasteiger partial charge in [0.05, 0.1) is 24.9 Å². The number of fused-ring (bicyclic) bond motifs is 1. The number of nitrogens with zero attached hydrogens (tertiary/aromatic N) is 2. The van der Waals surface area contributed by atoms with Gasteiger partial charge in [-0.1, -0.05) is 13.8 Å². The lowest BCUT2D eigenvalue weighted by atomic mass is 10.2. The largest absolute Gasteiger partial charge is 0.383 e. The second-order valence-corrected chi connectivity index (χ2v) is 4.40. The van der Waals surface area contributed by atoms with E-state index in [0.29, 0.717) is 6.61 Å². The van der Waals surface area contributed by atoms with Crippen molar-refractivity contribution in [2.24, 2.45) is 0 Å². The molecule has 0 unspecified atom stereocenters. The van der Waals surface area contributed by atoms with Crippen molar-refractivity contribution in [3.63, 3.8) is 0 Å². The molecule has 4 heteroatoms. The highest BCUT2D eigenvalue weighted by molar-refractivity contribution is 9.10. The third kappa shape index (κ3) is 3.30. The van der Waals surface area contributed by atoms with E-state index in [1.54, 1.807) is 7.11 Å². The molecule has 1 aromatic carbocycles. The minimum atomic E-state index is 0.678. The molecule has 0 aliphatic carbocycles. The first-order valence-electron chi connectivity index (χ1n) is 5.83. The maximum absolute atomic E-state index is 5.05. The van der Waals surface area contributed by atoms with Crippen molar-refractivity contribution in [2.75, 3.05) is 13.7 Å². The van der Waals surface area contributed by atoms with Gasteiger partial charge < -0.3 is 4.74 Å². The van der Waals surface area contributed by atoms with Crippen LogP contribution in [0.15, 0.2) is 22.8 Å². The summed E-state index contributed by atoms with van der Waals surface area (Å²) in [5.74, 6) is 0. The SMILES string of the molecule is CC.COCCn1ncc2cc(C)cc(Br)c21. The molecular weight excluding hydrogens is 280 g/mol. The van der Waals surface area contributed by atoms with Crippen LogP contribution in [-0.4, -0.2) is 23.5 Å². The van der Waals surface area contributed by atoms with Gasteiger partial charge in [-0.05, 0) is 40.5 Å². The van der Waals surface area contributed by atoms with Crippen molar-refractivity contribution in [3.8, 4) is 0 Å². The molecule has 0 bridgehead atoms. The summed E-state index contributed by atoms with van der Waals surface area (Å²) in [6.07, 6.45) is 1.89. The highest BCUT2D eigenvalue weighted by Crippen LogP contribution is 2.25. The van der Waals surface area contributed by atoms with Gasteiger partial charge in [0.1, 0.15) is 0 Å². The van der Waals surface area contributed by atoms with Crippen LogP contribution in [0.3, 0.4) is 0 Å². The van der Waals surface area contributed by atoms with E-state index in [2.05, 4.69) is 40.1 Å². The summed E-state index contributed by atoms with van der Waals surface area (Å²) < 4.78 is 8.10. The van der Waals surface area contributed by atoms with Gasteiger partial charge in [-0.2, -0.15) is 5.10 Å². The Morgan fingerprint density at radius 2 is 2.06 bits per heavy atom. The van der Waals surface area contributed by atoms with Crippen molar-refractivity contribution in [2.45, 2.75) is 27.3 Å². The van der Waals surface area contributed by atoms with Gasteiger partial charge in [0.25, 0.3) is 0 Å². The molecule has 0 saturated carbocycles. The molecule has 0 aliphatic rings. The summed E-state index contributed by atoms with van der Waals surface area (Å²) in [4.78, 5) is 0. The van der Waals surface area contributed by atoms with Gasteiger partial charge in [0.2, 0.25) is 0 Å². The molecule has 0 N–H and O–H groups in total. The van der Waals surface area contributed by atoms with Gasteiger partial charge in [-0.3, -0.25) is 4.68 Å². The topological polar surface area (TPSA) is 27.1 Å². The number of hydrogen-bond donors (Lipinski definition) is 0. The highest BCUT2D eigenvalue weighted by Gasteiger charge is 2.06. The maximum Gasteiger partial charge on any atom is 0.0825 e. The number of benzene rings is 1. The molecule has 0 amide bonds. The summed E-state index contributed by atoms with van der Waals surface area (Å²) in [6.45, 7) is 7.54. The number of ether oxygens (including phenoxy) is 1. The lowest BCUT2D eigenvalue weighted by Crippen LogP contribution is -2.05. The van der Waals surface area contributed by atoms with Crippen LogP contribution < -0.4 is 0 Å². The van der Waals surface area contributed by atoms with E-state index >= 15 is 0 Å². The zero-order valence-electron chi connectivity index (χ0n) is 10.8. The molecule has 1 heterocycles. The maximum atomic E-state index is 5.05. The van der Waals surface area contributed by atoms with Gasteiger partial charge >= 0.3 is 0 Å². The van der Waals surface area contributed by atoms with Crippen LogP contribution in [0.4, 0.5) is 0 Å². The highest BCUT2D eigenvalue weighted by atomic mass is 79.9. The molecule has 94 valence electrons. The summed E-state index contributed by atoms with van der Waals surface area (Å²) in [7, 11) is 1.70. The Labute approximate surface area is 111 Å². The van der Waals surface area contributed by atoms with Crippen LogP contribution in [0.25, 0.3) is 10.9 Å². The molecule has 17 heavy (non-hydrogen) atoms. The fraction of sp³-hybridized carbons (Fsp3) is 0.462. The smallest absolute Gasteiger partial charge is 0.0825 e. The summed E-state index contributed by atoms with van der Waals surface area (Å²) in [5.41, 5.74) is 2.37. The predicted molar refractivity (Wildman–Crippen MR) is 75.4 cm³/mol. The monoisotopic (exact) mass is 298 g/mol. The summed E-state index contributed by atoms with van der Waals surface area (Å²) in [5, 5.41) is 5.51. The first-order chi connectivity index (χ1) is 8.22. The van der Waals surface area contributed by atoms with Crippen molar-refractivity contribution in [1.82, 2.24) is 9.78 Å². The number of rotatable bonds is 3. The molecule has 0 spiro atoms. The molecular formula is C13H19BrN2O. The number of aryl methyl sites for hydroxylation is 1. The van der Waals surface area contributed by atoms with Crippen LogP contribution in [-0.2, 0) is 11.3 Å². The van der Waals surface area contributed by atoms with Gasteiger partial charge in [0, 0.05) is 17.0 Å². The fourth-order valence-corrected chi connectivity index (χ4v) is 2.46. The second-order valence-electron chi connectivity index (χ2n) is 3.55. The van der Waals surface area contributed by atoms with E-state index in [4.69, 9.17) is 4.74 Å². The average molecular weight is 299 g/mol. The Hall–Kier alpha value is -0.870. The number of aromatic nitrogens is 2. The van der Waals surface area contributed by atoms with Crippen molar-refractivity contribution < 1.29 is 4.74 Å². The quantitative estimate of drug-likeness (QED) is 0.862. The Bertz CT molecular complexity index is 479. The number of hydrogen-bond acceptors (Lipinski definition) is 2. The van der Waals surface area contributed by atoms with Gasteiger partial charge in [0.15, 0.2) is 0 Å². The molecule has 3 nitrogen and oxygen atoms in total. The van der Waals surface area contributed by atoms with Crippen LogP contribution in [0.5, 0.6) is 0 Å². The van der Waals surface area contributed by atoms with Gasteiger partial charge in [-0.15, -0.1) is 0 Å². The Kier molecular flexibility index (Phi) is 5.65. The van der Waals surface area contributed by atoms with Crippen molar-refractivity contribution in [3.05, 3.63) is 28.4 Å². The van der Waals surface area contributed by atoms with Crippen molar-refractivity contribution >= 4 is 26.8 Å². The summed E-state index contributed by atoms with van der Waals surface area (Å²) >= 11 is 3.57. The molecule has 0 radical (unpaired) electrons. The molecule has 0 saturated heterocycles. The van der Waals surface area contributed by atoms with E-state index in [1.165, 1.54) is 5.56 Å². The van der Waals surface area contributed by atoms with E-state index in [-0.39, 0.29) is 0 Å². The van der Waals surface area contributed by atoms with Gasteiger partial charge in [-0.25, -0.2) is 0 Å². The predicted octanol–water partition coefficient (Wildman–Crippen LogP) is 3.78. The Morgan fingerprint density at radius 1 is 1.35 bits per heavy atom. The molecule has 2 rings (SSSR count). The second kappa shape index (κ2) is 6.77. The van der Waals surface area contributed by atoms with E-state index < -0.39 is 0 Å². The number of methoxy groups -OCH3 is 1. The minimum absolute atomic E-state index is 0.678. The third-order valence-corrected chi connectivity index (χ3v) is 2.94. The van der Waals surface area contributed by atoms with E-state index in [0.717, 1.165) is 21.9 Å². The Balaban J connectivity index is 0.000000686. The van der Waals surface area contributed by atoms with Crippen LogP contribution in [0, 0.1) is 6.92 Å². The average Bonchev–Trinajstić information content (AvgIpc) is 2.72. The number of halogens is 1. The standard InChI is InChI=1S/C11H13BrN2O.C2H6/c1-8-5-9-7-13-14(3-4-15-2)11(9)10(12)6-8;1-2/h5-7H,3-4H2,1-2H3;1-2H3. The normalized spacial score (nSPS) is 10.2. The Morgan fingerprint density at radius 3 is 2.71 bits per heavy atom.